The van der Waals surface area contributed by atoms with Crippen LogP contribution in [-0.2, 0) is 4.74 Å². The molecule has 0 saturated carbocycles. The van der Waals surface area contributed by atoms with Crippen LogP contribution in [0.25, 0.3) is 0 Å². The van der Waals surface area contributed by atoms with E-state index in [1.807, 2.05) is 14.1 Å². The molecule has 1 aromatic heterocycles. The van der Waals surface area contributed by atoms with Crippen molar-refractivity contribution < 1.29 is 14.3 Å². The molecule has 0 bridgehead atoms. The third-order valence-corrected chi connectivity index (χ3v) is 4.08. The van der Waals surface area contributed by atoms with Gasteiger partial charge in [-0.3, -0.25) is 4.79 Å². The van der Waals surface area contributed by atoms with Gasteiger partial charge in [-0.15, -0.1) is 0 Å². The maximum absolute atomic E-state index is 12.4. The maximum atomic E-state index is 12.4. The number of methoxy groups -OCH3 is 1. The number of anilines is 2. The van der Waals surface area contributed by atoms with Crippen LogP contribution < -0.4 is 10.6 Å². The number of carbonyl (C=O) groups is 2. The highest BCUT2D eigenvalue weighted by Gasteiger charge is 2.13. The second kappa shape index (κ2) is 9.89. The van der Waals surface area contributed by atoms with Crippen LogP contribution in [0.1, 0.15) is 27.1 Å². The number of pyridine rings is 1. The molecule has 0 fully saturated rings. The second-order valence-corrected chi connectivity index (χ2v) is 6.56. The summed E-state index contributed by atoms with van der Waals surface area (Å²) in [7, 11) is 5.34. The minimum Gasteiger partial charge on any atom is -0.465 e. The van der Waals surface area contributed by atoms with Crippen molar-refractivity contribution in [2.75, 3.05) is 44.9 Å². The first-order valence-electron chi connectivity index (χ1n) is 8.44. The van der Waals surface area contributed by atoms with Gasteiger partial charge in [-0.2, -0.15) is 0 Å². The summed E-state index contributed by atoms with van der Waals surface area (Å²) in [5, 5.41) is 6.22. The maximum Gasteiger partial charge on any atom is 0.337 e. The van der Waals surface area contributed by atoms with Gasteiger partial charge in [0.15, 0.2) is 0 Å². The lowest BCUT2D eigenvalue weighted by Gasteiger charge is -2.11. The number of hydrogen-bond acceptors (Lipinski definition) is 6. The van der Waals surface area contributed by atoms with E-state index in [9.17, 15) is 9.59 Å². The van der Waals surface area contributed by atoms with Crippen molar-refractivity contribution >= 4 is 35.0 Å². The summed E-state index contributed by atoms with van der Waals surface area (Å²) in [6.07, 6.45) is 2.48. The van der Waals surface area contributed by atoms with Crippen molar-refractivity contribution in [1.29, 1.82) is 0 Å². The molecule has 0 unspecified atom stereocenters. The summed E-state index contributed by atoms with van der Waals surface area (Å²) in [5.41, 5.74) is 1.01. The van der Waals surface area contributed by atoms with Gasteiger partial charge in [-0.05, 0) is 57.4 Å². The smallest absolute Gasteiger partial charge is 0.337 e. The number of ether oxygens (including phenoxy) is 1. The van der Waals surface area contributed by atoms with E-state index < -0.39 is 5.97 Å². The normalized spacial score (nSPS) is 10.6. The van der Waals surface area contributed by atoms with Crippen molar-refractivity contribution in [1.82, 2.24) is 9.88 Å². The molecule has 0 radical (unpaired) electrons. The van der Waals surface area contributed by atoms with Crippen molar-refractivity contribution in [3.8, 4) is 0 Å². The highest BCUT2D eigenvalue weighted by Crippen LogP contribution is 2.24. The number of carbonyl (C=O) groups excluding carboxylic acids is 2. The number of aromatic nitrogens is 1. The van der Waals surface area contributed by atoms with Gasteiger partial charge in [0.25, 0.3) is 5.91 Å². The molecule has 2 aromatic rings. The lowest BCUT2D eigenvalue weighted by molar-refractivity contribution is 0.0600. The lowest BCUT2D eigenvalue weighted by Crippen LogP contribution is -2.17. The number of rotatable bonds is 8. The molecule has 144 valence electrons. The molecular formula is C19H23ClN4O3. The summed E-state index contributed by atoms with van der Waals surface area (Å²) >= 11 is 6.10. The predicted octanol–water partition coefficient (Wildman–Crippen LogP) is 3.14. The van der Waals surface area contributed by atoms with Gasteiger partial charge in [-0.25, -0.2) is 9.78 Å². The van der Waals surface area contributed by atoms with E-state index in [1.54, 1.807) is 12.1 Å². The van der Waals surface area contributed by atoms with Crippen molar-refractivity contribution in [3.05, 3.63) is 52.7 Å². The van der Waals surface area contributed by atoms with E-state index in [0.29, 0.717) is 27.7 Å². The topological polar surface area (TPSA) is 83.6 Å². The quantitative estimate of drug-likeness (QED) is 0.532. The first kappa shape index (κ1) is 20.7. The molecule has 1 amide bonds. The molecule has 27 heavy (non-hydrogen) atoms. The van der Waals surface area contributed by atoms with Crippen LogP contribution in [0.15, 0.2) is 36.5 Å². The number of esters is 1. The van der Waals surface area contributed by atoms with Crippen molar-refractivity contribution in [2.45, 2.75) is 6.42 Å². The largest absolute Gasteiger partial charge is 0.465 e. The molecular weight excluding hydrogens is 368 g/mol. The van der Waals surface area contributed by atoms with E-state index in [-0.39, 0.29) is 5.91 Å². The molecule has 0 atom stereocenters. The minimum absolute atomic E-state index is 0.299. The molecule has 0 aliphatic carbocycles. The van der Waals surface area contributed by atoms with Crippen LogP contribution in [0.5, 0.6) is 0 Å². The number of nitrogens with one attached hydrogen (secondary N) is 2. The highest BCUT2D eigenvalue weighted by atomic mass is 35.5. The van der Waals surface area contributed by atoms with Gasteiger partial charge in [0, 0.05) is 12.7 Å². The van der Waals surface area contributed by atoms with Gasteiger partial charge in [0.2, 0.25) is 0 Å². The van der Waals surface area contributed by atoms with Crippen LogP contribution in [0.2, 0.25) is 5.02 Å². The van der Waals surface area contributed by atoms with Gasteiger partial charge in [-0.1, -0.05) is 11.6 Å². The molecule has 8 heteroatoms. The highest BCUT2D eigenvalue weighted by molar-refractivity contribution is 6.34. The Balaban J connectivity index is 1.99. The second-order valence-electron chi connectivity index (χ2n) is 6.16. The molecule has 7 nitrogen and oxygen atoms in total. The number of nitrogens with zero attached hydrogens (tertiary/aromatic N) is 2. The lowest BCUT2D eigenvalue weighted by atomic mass is 10.2. The SMILES string of the molecule is COC(=O)c1ccc(Cl)c(NC(=O)c2ccc(NCCCN(C)C)nc2)c1. The van der Waals surface area contributed by atoms with Gasteiger partial charge < -0.3 is 20.3 Å². The molecule has 2 N–H and O–H groups in total. The van der Waals surface area contributed by atoms with Crippen molar-refractivity contribution in [3.63, 3.8) is 0 Å². The van der Waals surface area contributed by atoms with Gasteiger partial charge in [0.1, 0.15) is 5.82 Å². The van der Waals surface area contributed by atoms with Crippen molar-refractivity contribution in [2.24, 2.45) is 0 Å². The molecule has 2 rings (SSSR count). The summed E-state index contributed by atoms with van der Waals surface area (Å²) in [6, 6.07) is 7.95. The van der Waals surface area contributed by atoms with Crippen LogP contribution >= 0.6 is 11.6 Å². The molecule has 0 saturated heterocycles. The third-order valence-electron chi connectivity index (χ3n) is 3.75. The zero-order valence-corrected chi connectivity index (χ0v) is 16.3. The number of halogens is 1. The Morgan fingerprint density at radius 3 is 2.56 bits per heavy atom. The average Bonchev–Trinajstić information content (AvgIpc) is 2.66. The Hall–Kier alpha value is -2.64. The van der Waals surface area contributed by atoms with Crippen LogP contribution in [-0.4, -0.2) is 56.1 Å². The molecule has 1 aromatic carbocycles. The zero-order chi connectivity index (χ0) is 19.8. The summed E-state index contributed by atoms with van der Waals surface area (Å²) in [5.74, 6) is -0.171. The number of benzene rings is 1. The Bertz CT molecular complexity index is 794. The van der Waals surface area contributed by atoms with E-state index in [4.69, 9.17) is 11.6 Å². The van der Waals surface area contributed by atoms with Crippen LogP contribution in [0.3, 0.4) is 0 Å². The zero-order valence-electron chi connectivity index (χ0n) is 15.6. The Morgan fingerprint density at radius 2 is 1.93 bits per heavy atom. The van der Waals surface area contributed by atoms with E-state index >= 15 is 0 Å². The first-order chi connectivity index (χ1) is 12.9. The molecule has 0 aliphatic rings. The third kappa shape index (κ3) is 6.23. The molecule has 0 aliphatic heterocycles. The summed E-state index contributed by atoms with van der Waals surface area (Å²) in [4.78, 5) is 30.4. The van der Waals surface area contributed by atoms with E-state index in [0.717, 1.165) is 19.5 Å². The fraction of sp³-hybridized carbons (Fsp3) is 0.316. The first-order valence-corrected chi connectivity index (χ1v) is 8.82. The monoisotopic (exact) mass is 390 g/mol. The van der Waals surface area contributed by atoms with E-state index in [1.165, 1.54) is 31.5 Å². The Morgan fingerprint density at radius 1 is 1.19 bits per heavy atom. The standard InChI is InChI=1S/C19H23ClN4O3/c1-24(2)10-4-9-21-17-8-6-14(12-22-17)18(25)23-16-11-13(19(26)27-3)5-7-15(16)20/h5-8,11-12H,4,9-10H2,1-3H3,(H,21,22)(H,23,25). The Kier molecular flexibility index (Phi) is 7.57. The fourth-order valence-electron chi connectivity index (χ4n) is 2.30. The minimum atomic E-state index is -0.506. The number of hydrogen-bond donors (Lipinski definition) is 2. The summed E-state index contributed by atoms with van der Waals surface area (Å²) < 4.78 is 4.67. The van der Waals surface area contributed by atoms with Gasteiger partial charge in [0.05, 0.1) is 28.9 Å². The van der Waals surface area contributed by atoms with Crippen LogP contribution in [0, 0.1) is 0 Å². The number of amides is 1. The molecule has 1 heterocycles. The van der Waals surface area contributed by atoms with Crippen LogP contribution in [0.4, 0.5) is 11.5 Å². The van der Waals surface area contributed by atoms with E-state index in [2.05, 4.69) is 25.3 Å². The van der Waals surface area contributed by atoms with Gasteiger partial charge >= 0.3 is 5.97 Å². The molecule has 0 spiro atoms. The summed E-state index contributed by atoms with van der Waals surface area (Å²) in [6.45, 7) is 1.78. The fourth-order valence-corrected chi connectivity index (χ4v) is 2.47. The average molecular weight is 391 g/mol. The predicted molar refractivity (Wildman–Crippen MR) is 107 cm³/mol. The Labute approximate surface area is 163 Å².